The highest BCUT2D eigenvalue weighted by Crippen LogP contribution is 2.55. The van der Waals surface area contributed by atoms with Crippen molar-refractivity contribution >= 4 is 43.6 Å². The van der Waals surface area contributed by atoms with Gasteiger partial charge in [-0.1, -0.05) is 12.1 Å². The molecule has 4 rings (SSSR count). The molecule has 0 saturated carbocycles. The van der Waals surface area contributed by atoms with Gasteiger partial charge in [-0.3, -0.25) is 9.13 Å². The molecular formula is C21H25ClF2N4O8P2. The Morgan fingerprint density at radius 2 is 1.89 bits per heavy atom. The second-order valence-corrected chi connectivity index (χ2v) is 13.2. The summed E-state index contributed by atoms with van der Waals surface area (Å²) in [5, 5.41) is 13.8. The van der Waals surface area contributed by atoms with Gasteiger partial charge in [-0.25, -0.2) is 13.8 Å². The number of alkyl halides is 1. The van der Waals surface area contributed by atoms with E-state index in [0.717, 1.165) is 5.56 Å². The van der Waals surface area contributed by atoms with Crippen molar-refractivity contribution in [3.8, 4) is 0 Å². The molecule has 208 valence electrons. The zero-order valence-electron chi connectivity index (χ0n) is 19.8. The van der Waals surface area contributed by atoms with E-state index in [-0.39, 0.29) is 22.8 Å². The molecule has 17 heteroatoms. The number of nitrogens with one attached hydrogen (secondary N) is 1. The van der Waals surface area contributed by atoms with Crippen LogP contribution >= 0.6 is 26.8 Å². The van der Waals surface area contributed by atoms with Crippen LogP contribution in [0.2, 0.25) is 5.28 Å². The fourth-order valence-corrected chi connectivity index (χ4v) is 6.84. The summed E-state index contributed by atoms with van der Waals surface area (Å²) < 4.78 is 62.7. The quantitative estimate of drug-likeness (QED) is 0.172. The third-order valence-corrected chi connectivity index (χ3v) is 9.38. The molecule has 38 heavy (non-hydrogen) atoms. The van der Waals surface area contributed by atoms with Gasteiger partial charge in [-0.05, 0) is 48.7 Å². The van der Waals surface area contributed by atoms with Crippen LogP contribution in [0.1, 0.15) is 18.7 Å². The number of nitrogens with zero attached hydrogens (tertiary/aromatic N) is 3. The van der Waals surface area contributed by atoms with Gasteiger partial charge in [0.15, 0.2) is 18.3 Å². The number of rotatable bonds is 10. The van der Waals surface area contributed by atoms with Gasteiger partial charge in [0.25, 0.3) is 0 Å². The first kappa shape index (κ1) is 29.0. The predicted octanol–water partition coefficient (Wildman–Crippen LogP) is 3.20. The van der Waals surface area contributed by atoms with Crippen LogP contribution in [0.5, 0.6) is 0 Å². The highest BCUT2D eigenvalue weighted by Gasteiger charge is 2.47. The summed E-state index contributed by atoms with van der Waals surface area (Å²) in [5.41, 5.74) is 1.06. The molecule has 5 N–H and O–H groups in total. The van der Waals surface area contributed by atoms with Crippen LogP contribution in [0.25, 0.3) is 11.0 Å². The first-order chi connectivity index (χ1) is 17.7. The van der Waals surface area contributed by atoms with E-state index in [2.05, 4.69) is 19.8 Å². The first-order valence-corrected chi connectivity index (χ1v) is 15.2. The number of ether oxygens (including phenoxy) is 1. The van der Waals surface area contributed by atoms with Crippen LogP contribution in [-0.4, -0.2) is 71.3 Å². The molecule has 1 fully saturated rings. The molecule has 1 aliphatic heterocycles. The molecule has 3 heterocycles. The molecule has 2 aromatic heterocycles. The monoisotopic (exact) mass is 596 g/mol. The lowest BCUT2D eigenvalue weighted by molar-refractivity contribution is -0.0423. The SMILES string of the molecule is C[C@H](Cc1ccc(F)cc1)Nc1nc(Cl)nc2c1ccn2[C@@H]1O[C@H](COP(=O)(O)CP(=O)(O)O)[C@@H](O)[C@@H]1F. The Kier molecular flexibility index (Phi) is 8.58. The first-order valence-electron chi connectivity index (χ1n) is 11.3. The second kappa shape index (κ2) is 11.2. The highest BCUT2D eigenvalue weighted by atomic mass is 35.5. The van der Waals surface area contributed by atoms with E-state index in [1.54, 1.807) is 18.2 Å². The van der Waals surface area contributed by atoms with Crippen molar-refractivity contribution in [3.05, 3.63) is 53.2 Å². The number of hydrogen-bond donors (Lipinski definition) is 5. The molecule has 3 aromatic rings. The zero-order chi connectivity index (χ0) is 27.8. The predicted molar refractivity (Wildman–Crippen MR) is 133 cm³/mol. The van der Waals surface area contributed by atoms with Crippen molar-refractivity contribution in [1.29, 1.82) is 0 Å². The Bertz CT molecular complexity index is 1390. The van der Waals surface area contributed by atoms with Crippen LogP contribution in [0.15, 0.2) is 36.5 Å². The van der Waals surface area contributed by atoms with Crippen molar-refractivity contribution in [2.75, 3.05) is 17.8 Å². The van der Waals surface area contributed by atoms with Crippen molar-refractivity contribution in [2.45, 2.75) is 44.0 Å². The average molecular weight is 597 g/mol. The zero-order valence-corrected chi connectivity index (χ0v) is 22.3. The number of halogens is 3. The minimum atomic E-state index is -4.86. The molecule has 6 atom stereocenters. The summed E-state index contributed by atoms with van der Waals surface area (Å²) in [7, 11) is -9.60. The topological polar surface area (TPSA) is 176 Å². The van der Waals surface area contributed by atoms with Gasteiger partial charge < -0.3 is 38.9 Å². The van der Waals surface area contributed by atoms with Crippen molar-refractivity contribution in [2.24, 2.45) is 0 Å². The number of benzene rings is 1. The van der Waals surface area contributed by atoms with E-state index in [9.17, 15) is 23.5 Å². The summed E-state index contributed by atoms with van der Waals surface area (Å²) in [6, 6.07) is 7.48. The second-order valence-electron chi connectivity index (χ2n) is 8.92. The number of hydrogen-bond acceptors (Lipinski definition) is 8. The van der Waals surface area contributed by atoms with E-state index >= 15 is 4.39 Å². The van der Waals surface area contributed by atoms with Crippen LogP contribution in [-0.2, 0) is 24.8 Å². The smallest absolute Gasteiger partial charge is 0.340 e. The molecule has 0 bridgehead atoms. The maximum Gasteiger partial charge on any atom is 0.340 e. The van der Waals surface area contributed by atoms with Gasteiger partial charge >= 0.3 is 15.2 Å². The lowest BCUT2D eigenvalue weighted by Gasteiger charge is -2.19. The summed E-state index contributed by atoms with van der Waals surface area (Å²) >= 11 is 6.12. The standard InChI is InChI=1S/C21H25ClF2N4O8P2/c1-11(8-12-2-4-13(23)5-3-12)25-18-14-6-7-28(19(14)27-21(22)26-18)20-16(24)17(29)15(36-20)9-35-38(33,34)10-37(30,31)32/h2-7,11,15-17,20,29H,8-10H2,1H3,(H,33,34)(H,25,26,27)(H2,30,31,32)/t11-,15-,16+,17-,20-/m1/s1. The molecule has 1 saturated heterocycles. The molecule has 12 nitrogen and oxygen atoms in total. The maximum atomic E-state index is 15.1. The molecule has 1 aliphatic rings. The Labute approximate surface area is 220 Å². The molecule has 0 spiro atoms. The number of anilines is 1. The van der Waals surface area contributed by atoms with Crippen molar-refractivity contribution in [3.63, 3.8) is 0 Å². The summed E-state index contributed by atoms with van der Waals surface area (Å²) in [6.07, 6.45) is -4.65. The lowest BCUT2D eigenvalue weighted by Crippen LogP contribution is -2.31. The Balaban J connectivity index is 1.51. The fraction of sp³-hybridized carbons (Fsp3) is 0.429. The van der Waals surface area contributed by atoms with Crippen molar-refractivity contribution in [1.82, 2.24) is 14.5 Å². The van der Waals surface area contributed by atoms with Gasteiger partial charge in [0.05, 0.1) is 12.0 Å². The molecule has 0 amide bonds. The van der Waals surface area contributed by atoms with Gasteiger partial charge in [0, 0.05) is 12.2 Å². The Morgan fingerprint density at radius 1 is 1.21 bits per heavy atom. The van der Waals surface area contributed by atoms with E-state index in [1.165, 1.54) is 22.9 Å². The number of aromatic nitrogens is 3. The number of fused-ring (bicyclic) bond motifs is 1. The minimum absolute atomic E-state index is 0.151. The van der Waals surface area contributed by atoms with E-state index in [0.29, 0.717) is 17.6 Å². The minimum Gasteiger partial charge on any atom is -0.387 e. The Morgan fingerprint density at radius 3 is 2.55 bits per heavy atom. The maximum absolute atomic E-state index is 15.1. The van der Waals surface area contributed by atoms with Gasteiger partial charge in [0.2, 0.25) is 5.28 Å². The highest BCUT2D eigenvalue weighted by molar-refractivity contribution is 7.70. The van der Waals surface area contributed by atoms with Crippen LogP contribution in [0.4, 0.5) is 14.6 Å². The third-order valence-electron chi connectivity index (χ3n) is 5.75. The fourth-order valence-electron chi connectivity index (χ4n) is 4.11. The van der Waals surface area contributed by atoms with Gasteiger partial charge in [-0.2, -0.15) is 4.98 Å². The summed E-state index contributed by atoms with van der Waals surface area (Å²) in [5.74, 6) is -1.43. The molecule has 1 unspecified atom stereocenters. The lowest BCUT2D eigenvalue weighted by atomic mass is 10.1. The van der Waals surface area contributed by atoms with E-state index < -0.39 is 52.3 Å². The summed E-state index contributed by atoms with van der Waals surface area (Å²) in [6.45, 7) is 1.08. The largest absolute Gasteiger partial charge is 0.387 e. The molecular weight excluding hydrogens is 572 g/mol. The van der Waals surface area contributed by atoms with Gasteiger partial charge in [-0.15, -0.1) is 0 Å². The number of aliphatic hydroxyl groups is 1. The third kappa shape index (κ3) is 6.95. The number of aliphatic hydroxyl groups excluding tert-OH is 1. The molecule has 0 aliphatic carbocycles. The summed E-state index contributed by atoms with van der Waals surface area (Å²) in [4.78, 5) is 35.8. The van der Waals surface area contributed by atoms with Crippen molar-refractivity contribution < 1.29 is 47.0 Å². The molecule has 1 aromatic carbocycles. The van der Waals surface area contributed by atoms with Crippen LogP contribution in [0.3, 0.4) is 0 Å². The molecule has 0 radical (unpaired) electrons. The van der Waals surface area contributed by atoms with E-state index in [1.807, 2.05) is 6.92 Å². The van der Waals surface area contributed by atoms with Gasteiger partial charge in [0.1, 0.15) is 29.5 Å². The van der Waals surface area contributed by atoms with Crippen LogP contribution < -0.4 is 5.32 Å². The Hall–Kier alpha value is -1.99. The van der Waals surface area contributed by atoms with Crippen LogP contribution in [0, 0.1) is 5.82 Å². The van der Waals surface area contributed by atoms with E-state index in [4.69, 9.17) is 26.1 Å². The average Bonchev–Trinajstić information content (AvgIpc) is 3.33. The normalized spacial score (nSPS) is 24.4.